The molecule has 2 aromatic rings. The zero-order chi connectivity index (χ0) is 17.8. The molecule has 0 spiro atoms. The summed E-state index contributed by atoms with van der Waals surface area (Å²) in [4.78, 5) is 17.2. The maximum absolute atomic E-state index is 12.7. The zero-order valence-corrected chi connectivity index (χ0v) is 14.9. The molecule has 0 aliphatic carbocycles. The van der Waals surface area contributed by atoms with E-state index in [1.165, 1.54) is 0 Å². The van der Waals surface area contributed by atoms with Gasteiger partial charge < -0.3 is 14.6 Å². The number of nitrogens with zero attached hydrogens (tertiary/aromatic N) is 4. The average molecular weight is 347 g/mol. The molecule has 0 saturated carbocycles. The Balaban J connectivity index is 1.81. The van der Waals surface area contributed by atoms with Crippen LogP contribution in [0.5, 0.6) is 0 Å². The van der Waals surface area contributed by atoms with Crippen LogP contribution in [0, 0.1) is 5.92 Å². The lowest BCUT2D eigenvalue weighted by Gasteiger charge is -2.28. The Bertz CT molecular complexity index is 703. The van der Waals surface area contributed by atoms with E-state index >= 15 is 0 Å². The second kappa shape index (κ2) is 7.77. The number of hydrogen-bond acceptors (Lipinski definition) is 6. The Kier molecular flexibility index (Phi) is 5.47. The number of ether oxygens (including phenoxy) is 1. The number of aromatic nitrogens is 4. The van der Waals surface area contributed by atoms with E-state index in [9.17, 15) is 4.79 Å². The highest BCUT2D eigenvalue weighted by Crippen LogP contribution is 2.30. The summed E-state index contributed by atoms with van der Waals surface area (Å²) in [6.07, 6.45) is 5.01. The highest BCUT2D eigenvalue weighted by Gasteiger charge is 2.32. The normalized spacial score (nSPS) is 17.0. The van der Waals surface area contributed by atoms with Crippen LogP contribution >= 0.6 is 0 Å². The van der Waals surface area contributed by atoms with E-state index in [4.69, 9.17) is 9.26 Å². The molecular formula is C17H25N5O3. The van der Waals surface area contributed by atoms with Crippen LogP contribution in [0.1, 0.15) is 67.6 Å². The summed E-state index contributed by atoms with van der Waals surface area (Å²) >= 11 is 0. The summed E-state index contributed by atoms with van der Waals surface area (Å²) in [5.74, 6) is 1.32. The lowest BCUT2D eigenvalue weighted by atomic mass is 9.91. The van der Waals surface area contributed by atoms with Crippen molar-refractivity contribution in [3.63, 3.8) is 0 Å². The maximum atomic E-state index is 12.7. The molecule has 0 bridgehead atoms. The highest BCUT2D eigenvalue weighted by atomic mass is 16.5. The first-order valence-corrected chi connectivity index (χ1v) is 8.83. The van der Waals surface area contributed by atoms with Crippen molar-refractivity contribution in [1.82, 2.24) is 25.2 Å². The first-order chi connectivity index (χ1) is 12.1. The molecule has 2 aromatic heterocycles. The van der Waals surface area contributed by atoms with Gasteiger partial charge in [-0.3, -0.25) is 9.48 Å². The van der Waals surface area contributed by atoms with Crippen LogP contribution in [0.2, 0.25) is 0 Å². The van der Waals surface area contributed by atoms with Gasteiger partial charge in [0.1, 0.15) is 6.04 Å². The van der Waals surface area contributed by atoms with Gasteiger partial charge in [-0.25, -0.2) is 0 Å². The average Bonchev–Trinajstić information content (AvgIpc) is 3.29. The SMILES string of the molecule is CCn1cc(C(=O)NC(c2nc(C(C)C)no2)C2CCOCC2)cn1. The van der Waals surface area contributed by atoms with Gasteiger partial charge in [0.05, 0.1) is 11.8 Å². The van der Waals surface area contributed by atoms with Gasteiger partial charge in [-0.15, -0.1) is 0 Å². The summed E-state index contributed by atoms with van der Waals surface area (Å²) in [6.45, 7) is 8.07. The van der Waals surface area contributed by atoms with Gasteiger partial charge in [0.15, 0.2) is 5.82 Å². The Hall–Kier alpha value is -2.22. The molecule has 0 aromatic carbocycles. The lowest BCUT2D eigenvalue weighted by molar-refractivity contribution is 0.0468. The van der Waals surface area contributed by atoms with Crippen LogP contribution in [0.15, 0.2) is 16.9 Å². The molecule has 1 amide bonds. The van der Waals surface area contributed by atoms with Crippen molar-refractivity contribution in [2.45, 2.75) is 52.1 Å². The third-order valence-corrected chi connectivity index (χ3v) is 4.48. The molecule has 136 valence electrons. The molecule has 8 nitrogen and oxygen atoms in total. The van der Waals surface area contributed by atoms with Gasteiger partial charge in [-0.2, -0.15) is 10.1 Å². The molecule has 1 aliphatic rings. The van der Waals surface area contributed by atoms with Crippen molar-refractivity contribution in [3.8, 4) is 0 Å². The molecule has 1 fully saturated rings. The summed E-state index contributed by atoms with van der Waals surface area (Å²) < 4.78 is 12.6. The minimum absolute atomic E-state index is 0.173. The van der Waals surface area contributed by atoms with Crippen molar-refractivity contribution in [1.29, 1.82) is 0 Å². The van der Waals surface area contributed by atoms with E-state index in [1.807, 2.05) is 20.8 Å². The fourth-order valence-electron chi connectivity index (χ4n) is 2.92. The van der Waals surface area contributed by atoms with Crippen LogP contribution in [0.3, 0.4) is 0 Å². The molecule has 8 heteroatoms. The third kappa shape index (κ3) is 4.07. The molecule has 1 N–H and O–H groups in total. The predicted molar refractivity (Wildman–Crippen MR) is 90.0 cm³/mol. The van der Waals surface area contributed by atoms with E-state index in [1.54, 1.807) is 17.1 Å². The Morgan fingerprint density at radius 1 is 1.40 bits per heavy atom. The smallest absolute Gasteiger partial charge is 0.255 e. The van der Waals surface area contributed by atoms with Crippen LogP contribution in [0.25, 0.3) is 0 Å². The second-order valence-corrected chi connectivity index (χ2v) is 6.63. The number of carbonyl (C=O) groups is 1. The second-order valence-electron chi connectivity index (χ2n) is 6.63. The standard InChI is InChI=1S/C17H25N5O3/c1-4-22-10-13(9-18-22)16(23)19-14(12-5-7-24-8-6-12)17-20-15(11(2)3)21-25-17/h9-12,14H,4-8H2,1-3H3,(H,19,23). The number of amides is 1. The number of carbonyl (C=O) groups excluding carboxylic acids is 1. The quantitative estimate of drug-likeness (QED) is 0.861. The van der Waals surface area contributed by atoms with Crippen molar-refractivity contribution in [3.05, 3.63) is 29.7 Å². The molecule has 0 radical (unpaired) electrons. The summed E-state index contributed by atoms with van der Waals surface area (Å²) in [5, 5.41) is 11.3. The molecule has 1 atom stereocenters. The first kappa shape index (κ1) is 17.6. The van der Waals surface area contributed by atoms with Gasteiger partial charge in [0.25, 0.3) is 5.91 Å². The van der Waals surface area contributed by atoms with Gasteiger partial charge in [0.2, 0.25) is 5.89 Å². The Morgan fingerprint density at radius 3 is 2.76 bits per heavy atom. The largest absolute Gasteiger partial charge is 0.381 e. The van der Waals surface area contributed by atoms with E-state index in [0.717, 1.165) is 19.4 Å². The number of aryl methyl sites for hydroxylation is 1. The fraction of sp³-hybridized carbons (Fsp3) is 0.647. The van der Waals surface area contributed by atoms with Crippen molar-refractivity contribution in [2.24, 2.45) is 5.92 Å². The number of hydrogen-bond donors (Lipinski definition) is 1. The van der Waals surface area contributed by atoms with Gasteiger partial charge in [-0.05, 0) is 25.7 Å². The lowest BCUT2D eigenvalue weighted by Crippen LogP contribution is -2.36. The molecule has 1 unspecified atom stereocenters. The molecule has 3 rings (SSSR count). The van der Waals surface area contributed by atoms with Crippen molar-refractivity contribution in [2.75, 3.05) is 13.2 Å². The molecule has 25 heavy (non-hydrogen) atoms. The van der Waals surface area contributed by atoms with Crippen molar-refractivity contribution >= 4 is 5.91 Å². The monoisotopic (exact) mass is 347 g/mol. The summed E-state index contributed by atoms with van der Waals surface area (Å²) in [6, 6.07) is -0.318. The zero-order valence-electron chi connectivity index (χ0n) is 14.9. The summed E-state index contributed by atoms with van der Waals surface area (Å²) in [7, 11) is 0. The molecular weight excluding hydrogens is 322 g/mol. The molecule has 1 aliphatic heterocycles. The van der Waals surface area contributed by atoms with E-state index in [-0.39, 0.29) is 23.8 Å². The van der Waals surface area contributed by atoms with Gasteiger partial charge in [-0.1, -0.05) is 19.0 Å². The maximum Gasteiger partial charge on any atom is 0.255 e. The molecule has 3 heterocycles. The number of rotatable bonds is 6. The minimum atomic E-state index is -0.318. The highest BCUT2D eigenvalue weighted by molar-refractivity contribution is 5.93. The van der Waals surface area contributed by atoms with Crippen LogP contribution in [-0.4, -0.2) is 39.0 Å². The van der Waals surface area contributed by atoms with Gasteiger partial charge >= 0.3 is 0 Å². The molecule has 1 saturated heterocycles. The predicted octanol–water partition coefficient (Wildman–Crippen LogP) is 2.31. The van der Waals surface area contributed by atoms with Crippen LogP contribution in [-0.2, 0) is 11.3 Å². The fourth-order valence-corrected chi connectivity index (χ4v) is 2.92. The van der Waals surface area contributed by atoms with E-state index in [0.29, 0.717) is 30.5 Å². The Labute approximate surface area is 146 Å². The van der Waals surface area contributed by atoms with E-state index < -0.39 is 0 Å². The first-order valence-electron chi connectivity index (χ1n) is 8.83. The Morgan fingerprint density at radius 2 is 2.16 bits per heavy atom. The number of nitrogens with one attached hydrogen (secondary N) is 1. The van der Waals surface area contributed by atoms with Crippen LogP contribution < -0.4 is 5.32 Å². The minimum Gasteiger partial charge on any atom is -0.381 e. The van der Waals surface area contributed by atoms with E-state index in [2.05, 4.69) is 20.6 Å². The third-order valence-electron chi connectivity index (χ3n) is 4.48. The topological polar surface area (TPSA) is 95.1 Å². The summed E-state index contributed by atoms with van der Waals surface area (Å²) in [5.41, 5.74) is 0.530. The van der Waals surface area contributed by atoms with Crippen LogP contribution in [0.4, 0.5) is 0 Å². The van der Waals surface area contributed by atoms with Gasteiger partial charge in [0, 0.05) is 31.9 Å². The van der Waals surface area contributed by atoms with Crippen molar-refractivity contribution < 1.29 is 14.1 Å².